The maximum atomic E-state index is 12.5. The van der Waals surface area contributed by atoms with Crippen LogP contribution in [0.2, 0.25) is 0 Å². The Balaban J connectivity index is 3.44. The second-order valence-electron chi connectivity index (χ2n) is 21.4. The Morgan fingerprint density at radius 3 is 1.04 bits per heavy atom. The first-order valence-corrected chi connectivity index (χ1v) is 30.9. The van der Waals surface area contributed by atoms with Crippen LogP contribution >= 0.6 is 0 Å². The molecule has 68 heavy (non-hydrogen) atoms. The molecule has 2 atom stereocenters. The first-order valence-electron chi connectivity index (χ1n) is 30.9. The van der Waals surface area contributed by atoms with E-state index < -0.39 is 12.1 Å². The van der Waals surface area contributed by atoms with Crippen LogP contribution in [0.1, 0.15) is 348 Å². The molecule has 0 aromatic carbocycles. The first kappa shape index (κ1) is 66.6. The number of aliphatic hydroxyl groups excluding tert-OH is 2. The molecule has 6 nitrogen and oxygen atoms in total. The number of nitrogens with one attached hydrogen (secondary N) is 1. The third-order valence-corrected chi connectivity index (χ3v) is 14.6. The molecule has 0 radical (unpaired) electrons. The van der Waals surface area contributed by atoms with Crippen LogP contribution in [0.15, 0.2) is 12.2 Å². The molecule has 0 bridgehead atoms. The first-order chi connectivity index (χ1) is 33.5. The second-order valence-corrected chi connectivity index (χ2v) is 21.4. The quantitative estimate of drug-likeness (QED) is 0.0321. The monoisotopic (exact) mass is 960 g/mol. The lowest BCUT2D eigenvalue weighted by atomic mass is 10.0. The van der Waals surface area contributed by atoms with Crippen molar-refractivity contribution in [2.24, 2.45) is 0 Å². The van der Waals surface area contributed by atoms with Gasteiger partial charge in [0.05, 0.1) is 25.4 Å². The molecule has 0 saturated carbocycles. The molecule has 0 rings (SSSR count). The van der Waals surface area contributed by atoms with E-state index in [0.717, 1.165) is 57.8 Å². The van der Waals surface area contributed by atoms with E-state index in [9.17, 15) is 19.8 Å². The van der Waals surface area contributed by atoms with Crippen molar-refractivity contribution in [1.29, 1.82) is 0 Å². The standard InChI is InChI=1S/C62H121NO5/c1-3-5-7-9-11-13-15-17-19-20-21-22-23-24-25-26-27-29-30-34-38-42-46-50-54-60(65)59(58-64)63-61(66)55-51-47-43-39-35-32-33-37-41-45-49-53-57-68-62(67)56-52-48-44-40-36-31-28-18-16-14-12-10-8-6-4-2/h18,28,59-60,64-65H,3-17,19-27,29-58H2,1-2H3,(H,63,66)/b28-18-. The van der Waals surface area contributed by atoms with Crippen molar-refractivity contribution in [2.45, 2.75) is 360 Å². The fourth-order valence-corrected chi connectivity index (χ4v) is 9.81. The molecule has 0 spiro atoms. The van der Waals surface area contributed by atoms with Crippen LogP contribution in [0.3, 0.4) is 0 Å². The maximum absolute atomic E-state index is 12.5. The Bertz CT molecular complexity index is 1020. The highest BCUT2D eigenvalue weighted by molar-refractivity contribution is 5.76. The van der Waals surface area contributed by atoms with E-state index in [0.29, 0.717) is 25.9 Å². The van der Waals surface area contributed by atoms with E-state index >= 15 is 0 Å². The van der Waals surface area contributed by atoms with Gasteiger partial charge in [-0.2, -0.15) is 0 Å². The van der Waals surface area contributed by atoms with Gasteiger partial charge in [0.2, 0.25) is 5.91 Å². The SMILES string of the molecule is CCCCCCCC/C=C\CCCCCCCC(=O)OCCCCCCCCCCCCCCC(=O)NC(CO)C(O)CCCCCCCCCCCCCCCCCCCCCCCCCC. The van der Waals surface area contributed by atoms with Gasteiger partial charge < -0.3 is 20.3 Å². The molecule has 3 N–H and O–H groups in total. The van der Waals surface area contributed by atoms with Gasteiger partial charge in [0.1, 0.15) is 0 Å². The normalized spacial score (nSPS) is 12.6. The van der Waals surface area contributed by atoms with Crippen LogP contribution in [0, 0.1) is 0 Å². The zero-order chi connectivity index (χ0) is 49.3. The molecule has 404 valence electrons. The molecule has 0 fully saturated rings. The third kappa shape index (κ3) is 53.9. The molecule has 6 heteroatoms. The molecule has 0 heterocycles. The number of esters is 1. The summed E-state index contributed by atoms with van der Waals surface area (Å²) >= 11 is 0. The highest BCUT2D eigenvalue weighted by Gasteiger charge is 2.20. The van der Waals surface area contributed by atoms with E-state index in [-0.39, 0.29) is 18.5 Å². The van der Waals surface area contributed by atoms with Crippen molar-refractivity contribution < 1.29 is 24.5 Å². The summed E-state index contributed by atoms with van der Waals surface area (Å²) in [5.74, 6) is -0.0624. The number of amides is 1. The Morgan fingerprint density at radius 2 is 0.691 bits per heavy atom. The predicted octanol–water partition coefficient (Wildman–Crippen LogP) is 19.2. The van der Waals surface area contributed by atoms with Crippen LogP contribution in [0.5, 0.6) is 0 Å². The van der Waals surface area contributed by atoms with Crippen molar-refractivity contribution in [3.05, 3.63) is 12.2 Å². The average Bonchev–Trinajstić information content (AvgIpc) is 3.34. The molecule has 0 aromatic heterocycles. The number of allylic oxidation sites excluding steroid dienone is 2. The largest absolute Gasteiger partial charge is 0.466 e. The van der Waals surface area contributed by atoms with Gasteiger partial charge in [0, 0.05) is 12.8 Å². The van der Waals surface area contributed by atoms with Gasteiger partial charge >= 0.3 is 5.97 Å². The maximum Gasteiger partial charge on any atom is 0.305 e. The lowest BCUT2D eigenvalue weighted by Crippen LogP contribution is -2.45. The zero-order valence-corrected chi connectivity index (χ0v) is 46.1. The lowest BCUT2D eigenvalue weighted by molar-refractivity contribution is -0.143. The van der Waals surface area contributed by atoms with Crippen molar-refractivity contribution in [3.8, 4) is 0 Å². The highest BCUT2D eigenvalue weighted by Crippen LogP contribution is 2.18. The van der Waals surface area contributed by atoms with Crippen molar-refractivity contribution in [2.75, 3.05) is 13.2 Å². The summed E-state index contributed by atoms with van der Waals surface area (Å²) in [7, 11) is 0. The van der Waals surface area contributed by atoms with Crippen LogP contribution in [0.4, 0.5) is 0 Å². The van der Waals surface area contributed by atoms with Gasteiger partial charge in [-0.05, 0) is 51.4 Å². The van der Waals surface area contributed by atoms with Crippen LogP contribution in [-0.4, -0.2) is 47.4 Å². The van der Waals surface area contributed by atoms with Crippen molar-refractivity contribution in [3.63, 3.8) is 0 Å². The number of ether oxygens (including phenoxy) is 1. The number of carbonyl (C=O) groups is 2. The summed E-state index contributed by atoms with van der Waals surface area (Å²) in [6.45, 7) is 4.94. The fraction of sp³-hybridized carbons (Fsp3) is 0.935. The van der Waals surface area contributed by atoms with Gasteiger partial charge in [-0.25, -0.2) is 0 Å². The number of hydrogen-bond acceptors (Lipinski definition) is 5. The second kappa shape index (κ2) is 58.2. The molecule has 0 aliphatic rings. The van der Waals surface area contributed by atoms with E-state index in [1.165, 1.54) is 257 Å². The highest BCUT2D eigenvalue weighted by atomic mass is 16.5. The van der Waals surface area contributed by atoms with Crippen molar-refractivity contribution in [1.82, 2.24) is 5.32 Å². The van der Waals surface area contributed by atoms with Gasteiger partial charge in [-0.15, -0.1) is 0 Å². The minimum atomic E-state index is -0.676. The van der Waals surface area contributed by atoms with E-state index in [2.05, 4.69) is 31.3 Å². The summed E-state index contributed by atoms with van der Waals surface area (Å²) in [6.07, 6.45) is 69.3. The molecule has 0 aliphatic carbocycles. The number of hydrogen-bond donors (Lipinski definition) is 3. The van der Waals surface area contributed by atoms with E-state index in [1.54, 1.807) is 0 Å². The Kier molecular flexibility index (Phi) is 57.0. The molecule has 0 saturated heterocycles. The minimum Gasteiger partial charge on any atom is -0.466 e. The Morgan fingerprint density at radius 1 is 0.397 bits per heavy atom. The summed E-state index contributed by atoms with van der Waals surface area (Å²) in [4.78, 5) is 24.6. The molecule has 0 aliphatic heterocycles. The van der Waals surface area contributed by atoms with Gasteiger partial charge in [0.15, 0.2) is 0 Å². The van der Waals surface area contributed by atoms with Gasteiger partial charge in [-0.1, -0.05) is 296 Å². The lowest BCUT2D eigenvalue weighted by Gasteiger charge is -2.22. The molecule has 0 aromatic rings. The number of unbranched alkanes of at least 4 members (excludes halogenated alkanes) is 45. The predicted molar refractivity (Wildman–Crippen MR) is 297 cm³/mol. The molecule has 2 unspecified atom stereocenters. The average molecular weight is 961 g/mol. The molecular formula is C62H121NO5. The van der Waals surface area contributed by atoms with E-state index in [4.69, 9.17) is 4.74 Å². The number of rotatable bonds is 58. The Labute approximate surface area is 425 Å². The smallest absolute Gasteiger partial charge is 0.305 e. The van der Waals surface area contributed by atoms with Gasteiger partial charge in [-0.3, -0.25) is 9.59 Å². The van der Waals surface area contributed by atoms with Crippen molar-refractivity contribution >= 4 is 11.9 Å². The summed E-state index contributed by atoms with van der Waals surface area (Å²) < 4.78 is 5.47. The van der Waals surface area contributed by atoms with Gasteiger partial charge in [0.25, 0.3) is 0 Å². The summed E-state index contributed by atoms with van der Waals surface area (Å²) in [5, 5.41) is 23.4. The molecular weight excluding hydrogens is 839 g/mol. The topological polar surface area (TPSA) is 95.9 Å². The van der Waals surface area contributed by atoms with Crippen LogP contribution in [-0.2, 0) is 14.3 Å². The van der Waals surface area contributed by atoms with E-state index in [1.807, 2.05) is 0 Å². The number of carbonyl (C=O) groups excluding carboxylic acids is 2. The van der Waals surface area contributed by atoms with Crippen LogP contribution in [0.25, 0.3) is 0 Å². The number of aliphatic hydroxyl groups is 2. The summed E-state index contributed by atoms with van der Waals surface area (Å²) in [6, 6.07) is -0.554. The minimum absolute atomic E-state index is 0.0157. The Hall–Kier alpha value is -1.40. The molecule has 1 amide bonds. The summed E-state index contributed by atoms with van der Waals surface area (Å²) in [5.41, 5.74) is 0. The van der Waals surface area contributed by atoms with Crippen LogP contribution < -0.4 is 5.32 Å². The third-order valence-electron chi connectivity index (χ3n) is 14.6. The zero-order valence-electron chi connectivity index (χ0n) is 46.1. The fourth-order valence-electron chi connectivity index (χ4n) is 9.81.